The fourth-order valence-electron chi connectivity index (χ4n) is 3.56. The van der Waals surface area contributed by atoms with Crippen LogP contribution >= 0.6 is 0 Å². The summed E-state index contributed by atoms with van der Waals surface area (Å²) in [4.78, 5) is 4.87. The zero-order valence-electron chi connectivity index (χ0n) is 15.7. The van der Waals surface area contributed by atoms with Gasteiger partial charge in [0.05, 0.1) is 7.11 Å². The summed E-state index contributed by atoms with van der Waals surface area (Å²) in [5.41, 5.74) is 6.11. The molecule has 0 saturated carbocycles. The van der Waals surface area contributed by atoms with E-state index >= 15 is 0 Å². The Hall–Kier alpha value is -2.20. The van der Waals surface area contributed by atoms with Gasteiger partial charge in [-0.3, -0.25) is 4.90 Å². The Kier molecular flexibility index (Phi) is 5.19. The Labute approximate surface area is 150 Å². The molecule has 0 spiro atoms. The first-order valence-corrected chi connectivity index (χ1v) is 8.89. The number of aryl methyl sites for hydroxylation is 2. The molecule has 1 saturated heterocycles. The summed E-state index contributed by atoms with van der Waals surface area (Å²) in [5.74, 6) is 0.828. The standard InChI is InChI=1S/C21H28N2O2/c1-15-12-18(21(24)20(13-15)25-4)14-22-8-10-23(11-9-22)19-7-5-6-16(2)17(19)3/h5-7,12-13,24H,8-11,14H2,1-4H3. The molecular formula is C21H28N2O2. The van der Waals surface area contributed by atoms with Crippen LogP contribution in [0.5, 0.6) is 11.5 Å². The normalized spacial score (nSPS) is 15.4. The van der Waals surface area contributed by atoms with Crippen molar-refractivity contribution in [2.75, 3.05) is 38.2 Å². The molecule has 134 valence electrons. The molecule has 0 aromatic heterocycles. The smallest absolute Gasteiger partial charge is 0.162 e. The number of benzene rings is 2. The Balaban J connectivity index is 1.67. The third kappa shape index (κ3) is 3.74. The molecule has 4 heteroatoms. The Bertz CT molecular complexity index is 750. The van der Waals surface area contributed by atoms with E-state index in [1.165, 1.54) is 16.8 Å². The van der Waals surface area contributed by atoms with Gasteiger partial charge in [0.1, 0.15) is 0 Å². The van der Waals surface area contributed by atoms with Gasteiger partial charge in [0, 0.05) is 44.0 Å². The summed E-state index contributed by atoms with van der Waals surface area (Å²) in [6, 6.07) is 10.4. The maximum absolute atomic E-state index is 10.4. The number of aromatic hydroxyl groups is 1. The van der Waals surface area contributed by atoms with Gasteiger partial charge < -0.3 is 14.7 Å². The predicted molar refractivity (Wildman–Crippen MR) is 103 cm³/mol. The average Bonchev–Trinajstić information content (AvgIpc) is 2.61. The van der Waals surface area contributed by atoms with Crippen molar-refractivity contribution in [2.24, 2.45) is 0 Å². The number of methoxy groups -OCH3 is 1. The fraction of sp³-hybridized carbons (Fsp3) is 0.429. The van der Waals surface area contributed by atoms with Crippen LogP contribution in [0.25, 0.3) is 0 Å². The van der Waals surface area contributed by atoms with Crippen LogP contribution in [0, 0.1) is 20.8 Å². The van der Waals surface area contributed by atoms with Gasteiger partial charge in [-0.25, -0.2) is 0 Å². The van der Waals surface area contributed by atoms with Crippen LogP contribution in [-0.2, 0) is 6.54 Å². The van der Waals surface area contributed by atoms with Crippen LogP contribution in [0.15, 0.2) is 30.3 Å². The second-order valence-corrected chi connectivity index (χ2v) is 6.96. The van der Waals surface area contributed by atoms with E-state index in [0.29, 0.717) is 5.75 Å². The topological polar surface area (TPSA) is 35.9 Å². The fourth-order valence-corrected chi connectivity index (χ4v) is 3.56. The van der Waals surface area contributed by atoms with Crippen molar-refractivity contribution in [3.63, 3.8) is 0 Å². The third-order valence-corrected chi connectivity index (χ3v) is 5.20. The number of nitrogens with zero attached hydrogens (tertiary/aromatic N) is 2. The van der Waals surface area contributed by atoms with E-state index in [9.17, 15) is 5.11 Å². The summed E-state index contributed by atoms with van der Waals surface area (Å²) in [7, 11) is 1.60. The number of phenols is 1. The second kappa shape index (κ2) is 7.36. The van der Waals surface area contributed by atoms with Gasteiger partial charge in [0.2, 0.25) is 0 Å². The molecule has 2 aromatic rings. The predicted octanol–water partition coefficient (Wildman–Crippen LogP) is 3.65. The van der Waals surface area contributed by atoms with Crippen LogP contribution in [0.4, 0.5) is 5.69 Å². The summed E-state index contributed by atoms with van der Waals surface area (Å²) in [6.07, 6.45) is 0. The summed E-state index contributed by atoms with van der Waals surface area (Å²) in [6.45, 7) is 11.2. The quantitative estimate of drug-likeness (QED) is 0.922. The van der Waals surface area contributed by atoms with Gasteiger partial charge in [-0.15, -0.1) is 0 Å². The Morgan fingerprint density at radius 1 is 1.04 bits per heavy atom. The molecule has 0 bridgehead atoms. The second-order valence-electron chi connectivity index (χ2n) is 6.96. The number of hydrogen-bond acceptors (Lipinski definition) is 4. The molecular weight excluding hydrogens is 312 g/mol. The monoisotopic (exact) mass is 340 g/mol. The molecule has 2 aromatic carbocycles. The van der Waals surface area contributed by atoms with E-state index in [1.807, 2.05) is 13.0 Å². The van der Waals surface area contributed by atoms with Crippen LogP contribution in [-0.4, -0.2) is 43.3 Å². The summed E-state index contributed by atoms with van der Waals surface area (Å²) >= 11 is 0. The highest BCUT2D eigenvalue weighted by molar-refractivity contribution is 5.56. The van der Waals surface area contributed by atoms with Crippen molar-refractivity contribution < 1.29 is 9.84 Å². The Morgan fingerprint density at radius 2 is 1.76 bits per heavy atom. The minimum atomic E-state index is 0.269. The number of hydrogen-bond donors (Lipinski definition) is 1. The minimum absolute atomic E-state index is 0.269. The molecule has 1 aliphatic heterocycles. The molecule has 0 unspecified atom stereocenters. The number of ether oxygens (including phenoxy) is 1. The lowest BCUT2D eigenvalue weighted by molar-refractivity contribution is 0.245. The van der Waals surface area contributed by atoms with Gasteiger partial charge in [-0.2, -0.15) is 0 Å². The van der Waals surface area contributed by atoms with Gasteiger partial charge >= 0.3 is 0 Å². The van der Waals surface area contributed by atoms with Gasteiger partial charge in [0.25, 0.3) is 0 Å². The van der Waals surface area contributed by atoms with E-state index in [1.54, 1.807) is 7.11 Å². The first-order valence-electron chi connectivity index (χ1n) is 8.89. The average molecular weight is 340 g/mol. The van der Waals surface area contributed by atoms with Crippen molar-refractivity contribution in [1.82, 2.24) is 4.90 Å². The number of anilines is 1. The van der Waals surface area contributed by atoms with E-state index in [-0.39, 0.29) is 5.75 Å². The lowest BCUT2D eigenvalue weighted by Gasteiger charge is -2.37. The van der Waals surface area contributed by atoms with Crippen molar-refractivity contribution in [1.29, 1.82) is 0 Å². The lowest BCUT2D eigenvalue weighted by Crippen LogP contribution is -2.46. The SMILES string of the molecule is COc1cc(C)cc(CN2CCN(c3cccc(C)c3C)CC2)c1O. The largest absolute Gasteiger partial charge is 0.504 e. The molecule has 1 heterocycles. The van der Waals surface area contributed by atoms with Gasteiger partial charge in [-0.05, 0) is 49.6 Å². The van der Waals surface area contributed by atoms with Crippen molar-refractivity contribution >= 4 is 5.69 Å². The first-order chi connectivity index (χ1) is 12.0. The van der Waals surface area contributed by atoms with E-state index in [0.717, 1.165) is 43.9 Å². The van der Waals surface area contributed by atoms with Crippen LogP contribution in [0.1, 0.15) is 22.3 Å². The number of rotatable bonds is 4. The first kappa shape index (κ1) is 17.6. The van der Waals surface area contributed by atoms with E-state index in [4.69, 9.17) is 4.74 Å². The van der Waals surface area contributed by atoms with Crippen LogP contribution in [0.3, 0.4) is 0 Å². The van der Waals surface area contributed by atoms with Gasteiger partial charge in [-0.1, -0.05) is 18.2 Å². The maximum Gasteiger partial charge on any atom is 0.162 e. The highest BCUT2D eigenvalue weighted by atomic mass is 16.5. The summed E-state index contributed by atoms with van der Waals surface area (Å²) < 4.78 is 5.28. The molecule has 1 fully saturated rings. The highest BCUT2D eigenvalue weighted by Crippen LogP contribution is 2.32. The van der Waals surface area contributed by atoms with Crippen molar-refractivity contribution in [3.05, 3.63) is 52.6 Å². The minimum Gasteiger partial charge on any atom is -0.504 e. The molecule has 1 N–H and O–H groups in total. The molecule has 0 radical (unpaired) electrons. The van der Waals surface area contributed by atoms with E-state index in [2.05, 4.69) is 47.9 Å². The van der Waals surface area contributed by atoms with Crippen molar-refractivity contribution in [2.45, 2.75) is 27.3 Å². The molecule has 0 amide bonds. The highest BCUT2D eigenvalue weighted by Gasteiger charge is 2.20. The maximum atomic E-state index is 10.4. The van der Waals surface area contributed by atoms with E-state index < -0.39 is 0 Å². The lowest BCUT2D eigenvalue weighted by atomic mass is 10.1. The third-order valence-electron chi connectivity index (χ3n) is 5.20. The Morgan fingerprint density at radius 3 is 2.44 bits per heavy atom. The number of piperazine rings is 1. The molecule has 4 nitrogen and oxygen atoms in total. The molecule has 25 heavy (non-hydrogen) atoms. The van der Waals surface area contributed by atoms with Crippen LogP contribution < -0.4 is 9.64 Å². The van der Waals surface area contributed by atoms with Gasteiger partial charge in [0.15, 0.2) is 11.5 Å². The molecule has 1 aliphatic rings. The van der Waals surface area contributed by atoms with Crippen molar-refractivity contribution in [3.8, 4) is 11.5 Å². The zero-order chi connectivity index (χ0) is 18.0. The zero-order valence-corrected chi connectivity index (χ0v) is 15.7. The molecule has 0 aliphatic carbocycles. The summed E-state index contributed by atoms with van der Waals surface area (Å²) in [5, 5.41) is 10.4. The molecule has 0 atom stereocenters. The molecule has 3 rings (SSSR count). The number of phenolic OH excluding ortho intramolecular Hbond substituents is 1. The van der Waals surface area contributed by atoms with Crippen LogP contribution in [0.2, 0.25) is 0 Å².